The Kier molecular flexibility index (Phi) is 5.41. The van der Waals surface area contributed by atoms with Crippen LogP contribution in [0.2, 0.25) is 0 Å². The predicted molar refractivity (Wildman–Crippen MR) is 97.5 cm³/mol. The number of fused-ring (bicyclic) bond motifs is 1. The first-order valence-corrected chi connectivity index (χ1v) is 8.53. The number of amides is 2. The lowest BCUT2D eigenvalue weighted by Crippen LogP contribution is -2.37. The maximum absolute atomic E-state index is 12.1. The van der Waals surface area contributed by atoms with Crippen LogP contribution in [0.4, 0.5) is 0 Å². The largest absolute Gasteiger partial charge is 0.454 e. The molecule has 2 amide bonds. The summed E-state index contributed by atoms with van der Waals surface area (Å²) in [5.74, 6) is 1.01. The number of carbonyl (C=O) groups is 2. The number of hydrogen-bond donors (Lipinski definition) is 2. The molecule has 0 aliphatic carbocycles. The van der Waals surface area contributed by atoms with Crippen molar-refractivity contribution in [1.82, 2.24) is 10.6 Å². The molecular formula is C20H22N2O4. The average molecular weight is 354 g/mol. The molecule has 0 fully saturated rings. The molecule has 0 bridgehead atoms. The Balaban J connectivity index is 1.42. The molecule has 136 valence electrons. The molecule has 0 aromatic heterocycles. The van der Waals surface area contributed by atoms with Crippen molar-refractivity contribution in [3.63, 3.8) is 0 Å². The molecule has 0 unspecified atom stereocenters. The van der Waals surface area contributed by atoms with Gasteiger partial charge in [0.25, 0.3) is 5.91 Å². The van der Waals surface area contributed by atoms with Crippen LogP contribution in [-0.2, 0) is 11.2 Å². The van der Waals surface area contributed by atoms with Crippen LogP contribution >= 0.6 is 0 Å². The molecule has 2 N–H and O–H groups in total. The summed E-state index contributed by atoms with van der Waals surface area (Å²) in [5, 5.41) is 5.45. The second kappa shape index (κ2) is 7.91. The Morgan fingerprint density at radius 2 is 1.69 bits per heavy atom. The summed E-state index contributed by atoms with van der Waals surface area (Å²) in [7, 11) is 0. The molecule has 2 aromatic carbocycles. The average Bonchev–Trinajstić information content (AvgIpc) is 3.06. The number of hydrogen-bond acceptors (Lipinski definition) is 4. The quantitative estimate of drug-likeness (QED) is 0.833. The minimum absolute atomic E-state index is 0.0486. The second-order valence-corrected chi connectivity index (χ2v) is 6.35. The summed E-state index contributed by atoms with van der Waals surface area (Å²) in [5.41, 5.74) is 3.65. The van der Waals surface area contributed by atoms with Gasteiger partial charge in [-0.1, -0.05) is 23.3 Å². The van der Waals surface area contributed by atoms with Gasteiger partial charge in [-0.05, 0) is 50.1 Å². The highest BCUT2D eigenvalue weighted by Gasteiger charge is 2.13. The van der Waals surface area contributed by atoms with Crippen LogP contribution in [0.25, 0.3) is 0 Å². The van der Waals surface area contributed by atoms with E-state index in [4.69, 9.17) is 9.47 Å². The van der Waals surface area contributed by atoms with E-state index < -0.39 is 0 Å². The lowest BCUT2D eigenvalue weighted by molar-refractivity contribution is -0.120. The third kappa shape index (κ3) is 4.53. The van der Waals surface area contributed by atoms with Crippen molar-refractivity contribution in [2.24, 2.45) is 0 Å². The van der Waals surface area contributed by atoms with E-state index in [0.29, 0.717) is 18.5 Å². The first-order valence-electron chi connectivity index (χ1n) is 8.53. The minimum atomic E-state index is -0.247. The van der Waals surface area contributed by atoms with Gasteiger partial charge >= 0.3 is 0 Å². The summed E-state index contributed by atoms with van der Waals surface area (Å²) in [4.78, 5) is 24.1. The van der Waals surface area contributed by atoms with Crippen LogP contribution in [0.5, 0.6) is 11.5 Å². The third-order valence-electron chi connectivity index (χ3n) is 4.07. The van der Waals surface area contributed by atoms with Crippen molar-refractivity contribution < 1.29 is 19.1 Å². The van der Waals surface area contributed by atoms with Gasteiger partial charge in [-0.15, -0.1) is 0 Å². The summed E-state index contributed by atoms with van der Waals surface area (Å²) in [6, 6.07) is 11.3. The topological polar surface area (TPSA) is 76.7 Å². The van der Waals surface area contributed by atoms with Crippen LogP contribution in [-0.4, -0.2) is 31.7 Å². The molecule has 0 saturated heterocycles. The summed E-state index contributed by atoms with van der Waals surface area (Å²) in [6.07, 6.45) is 0.674. The number of nitrogens with one attached hydrogen (secondary N) is 2. The Hall–Kier alpha value is -3.02. The minimum Gasteiger partial charge on any atom is -0.454 e. The van der Waals surface area contributed by atoms with Crippen LogP contribution in [0.1, 0.15) is 27.0 Å². The van der Waals surface area contributed by atoms with Crippen LogP contribution in [0, 0.1) is 13.8 Å². The van der Waals surface area contributed by atoms with Gasteiger partial charge in [-0.2, -0.15) is 0 Å². The SMILES string of the molecule is Cc1cc(C)cc(C(=O)NCC(=O)NCCc2ccc3c(c2)OCO3)c1. The molecule has 0 atom stereocenters. The van der Waals surface area contributed by atoms with Crippen LogP contribution in [0.15, 0.2) is 36.4 Å². The highest BCUT2D eigenvalue weighted by Crippen LogP contribution is 2.32. The van der Waals surface area contributed by atoms with Crippen LogP contribution < -0.4 is 20.1 Å². The highest BCUT2D eigenvalue weighted by atomic mass is 16.7. The number of ether oxygens (including phenoxy) is 2. The molecule has 0 spiro atoms. The summed E-state index contributed by atoms with van der Waals surface area (Å²) >= 11 is 0. The zero-order valence-corrected chi connectivity index (χ0v) is 14.9. The first kappa shape index (κ1) is 17.8. The van der Waals surface area contributed by atoms with E-state index in [0.717, 1.165) is 28.2 Å². The van der Waals surface area contributed by atoms with Gasteiger partial charge in [0, 0.05) is 12.1 Å². The lowest BCUT2D eigenvalue weighted by Gasteiger charge is -2.08. The van der Waals surface area contributed by atoms with Crippen LogP contribution in [0.3, 0.4) is 0 Å². The van der Waals surface area contributed by atoms with E-state index in [1.807, 2.05) is 38.1 Å². The van der Waals surface area contributed by atoms with E-state index in [-0.39, 0.29) is 25.2 Å². The van der Waals surface area contributed by atoms with E-state index in [2.05, 4.69) is 10.6 Å². The monoisotopic (exact) mass is 354 g/mol. The zero-order chi connectivity index (χ0) is 18.5. The van der Waals surface area contributed by atoms with Crippen molar-refractivity contribution >= 4 is 11.8 Å². The fraction of sp³-hybridized carbons (Fsp3) is 0.300. The Morgan fingerprint density at radius 3 is 2.46 bits per heavy atom. The van der Waals surface area contributed by atoms with Gasteiger partial charge < -0.3 is 20.1 Å². The van der Waals surface area contributed by atoms with Gasteiger partial charge in [0.05, 0.1) is 6.54 Å². The van der Waals surface area contributed by atoms with Gasteiger partial charge in [-0.25, -0.2) is 0 Å². The van der Waals surface area contributed by atoms with Crippen molar-refractivity contribution in [1.29, 1.82) is 0 Å². The maximum Gasteiger partial charge on any atom is 0.251 e. The molecule has 2 aromatic rings. The van der Waals surface area contributed by atoms with Gasteiger partial charge in [0.2, 0.25) is 12.7 Å². The normalized spacial score (nSPS) is 11.9. The first-order chi connectivity index (χ1) is 12.5. The Bertz CT molecular complexity index is 812. The van der Waals surface area contributed by atoms with E-state index in [1.165, 1.54) is 0 Å². The number of aryl methyl sites for hydroxylation is 2. The Morgan fingerprint density at radius 1 is 0.962 bits per heavy atom. The van der Waals surface area contributed by atoms with Crippen molar-refractivity contribution in [3.8, 4) is 11.5 Å². The molecule has 1 aliphatic heterocycles. The van der Waals surface area contributed by atoms with Gasteiger partial charge in [0.1, 0.15) is 0 Å². The fourth-order valence-corrected chi connectivity index (χ4v) is 2.87. The second-order valence-electron chi connectivity index (χ2n) is 6.35. The number of benzene rings is 2. The molecule has 0 saturated carbocycles. The number of rotatable bonds is 6. The van der Waals surface area contributed by atoms with E-state index in [9.17, 15) is 9.59 Å². The zero-order valence-electron chi connectivity index (χ0n) is 14.9. The molecule has 6 nitrogen and oxygen atoms in total. The lowest BCUT2D eigenvalue weighted by atomic mass is 10.1. The standard InChI is InChI=1S/C20H22N2O4/c1-13-7-14(2)9-16(8-13)20(24)22-11-19(23)21-6-5-15-3-4-17-18(10-15)26-12-25-17/h3-4,7-10H,5-6,11-12H2,1-2H3,(H,21,23)(H,22,24). The molecule has 3 rings (SSSR count). The maximum atomic E-state index is 12.1. The van der Waals surface area contributed by atoms with Crippen molar-refractivity contribution in [2.75, 3.05) is 19.9 Å². The molecule has 26 heavy (non-hydrogen) atoms. The summed E-state index contributed by atoms with van der Waals surface area (Å²) in [6.45, 7) is 4.56. The molecule has 0 radical (unpaired) electrons. The van der Waals surface area contributed by atoms with Gasteiger partial charge in [-0.3, -0.25) is 9.59 Å². The number of carbonyl (C=O) groups excluding carboxylic acids is 2. The van der Waals surface area contributed by atoms with Gasteiger partial charge in [0.15, 0.2) is 11.5 Å². The van der Waals surface area contributed by atoms with E-state index >= 15 is 0 Å². The molecule has 6 heteroatoms. The van der Waals surface area contributed by atoms with Crippen molar-refractivity contribution in [3.05, 3.63) is 58.7 Å². The third-order valence-corrected chi connectivity index (χ3v) is 4.07. The Labute approximate surface area is 152 Å². The van der Waals surface area contributed by atoms with Crippen molar-refractivity contribution in [2.45, 2.75) is 20.3 Å². The predicted octanol–water partition coefficient (Wildman–Crippen LogP) is 2.12. The molecule has 1 heterocycles. The van der Waals surface area contributed by atoms with E-state index in [1.54, 1.807) is 12.1 Å². The molecule has 1 aliphatic rings. The highest BCUT2D eigenvalue weighted by molar-refractivity contribution is 5.96. The smallest absolute Gasteiger partial charge is 0.251 e. The molecular weight excluding hydrogens is 332 g/mol. The fourth-order valence-electron chi connectivity index (χ4n) is 2.87. The summed E-state index contributed by atoms with van der Waals surface area (Å²) < 4.78 is 10.6.